The standard InChI is InChI=1S/C18H26N6O2/c1-14(13-25)21-18-22-16(15-4-2-3-5-19-15)12-17(23-18)20-6-7-24-8-10-26-11-9-24/h2-5,12,14,25H,6-11,13H2,1H3,(H2,20,21,22,23)/t14-/m1/s1. The lowest BCUT2D eigenvalue weighted by atomic mass is 10.2. The SMILES string of the molecule is C[C@H](CO)Nc1nc(NCCN2CCOCC2)cc(-c2ccccn2)n1. The molecule has 1 aliphatic heterocycles. The molecule has 26 heavy (non-hydrogen) atoms. The maximum Gasteiger partial charge on any atom is 0.225 e. The van der Waals surface area contributed by atoms with Crippen LogP contribution in [0.15, 0.2) is 30.5 Å². The number of aliphatic hydroxyl groups excluding tert-OH is 1. The van der Waals surface area contributed by atoms with Crippen molar-refractivity contribution in [3.05, 3.63) is 30.5 Å². The normalized spacial score (nSPS) is 16.2. The third kappa shape index (κ3) is 5.35. The predicted molar refractivity (Wildman–Crippen MR) is 101 cm³/mol. The number of aliphatic hydroxyl groups is 1. The highest BCUT2D eigenvalue weighted by Crippen LogP contribution is 2.19. The van der Waals surface area contributed by atoms with E-state index in [-0.39, 0.29) is 12.6 Å². The number of ether oxygens (including phenoxy) is 1. The lowest BCUT2D eigenvalue weighted by Gasteiger charge is -2.26. The molecule has 0 bridgehead atoms. The maximum absolute atomic E-state index is 9.28. The highest BCUT2D eigenvalue weighted by molar-refractivity contribution is 5.60. The molecule has 0 aromatic carbocycles. The first-order chi connectivity index (χ1) is 12.7. The lowest BCUT2D eigenvalue weighted by molar-refractivity contribution is 0.0398. The van der Waals surface area contributed by atoms with Crippen LogP contribution in [-0.2, 0) is 4.74 Å². The maximum atomic E-state index is 9.28. The van der Waals surface area contributed by atoms with Gasteiger partial charge in [0, 0.05) is 44.5 Å². The first-order valence-electron chi connectivity index (χ1n) is 8.96. The molecule has 3 rings (SSSR count). The van der Waals surface area contributed by atoms with Crippen LogP contribution < -0.4 is 10.6 Å². The van der Waals surface area contributed by atoms with Gasteiger partial charge in [0.25, 0.3) is 0 Å². The average Bonchev–Trinajstić information content (AvgIpc) is 2.69. The predicted octanol–water partition coefficient (Wildman–Crippen LogP) is 1.08. The fraction of sp³-hybridized carbons (Fsp3) is 0.500. The van der Waals surface area contributed by atoms with Crippen molar-refractivity contribution >= 4 is 11.8 Å². The summed E-state index contributed by atoms with van der Waals surface area (Å²) in [5.74, 6) is 1.21. The molecule has 1 aliphatic rings. The van der Waals surface area contributed by atoms with E-state index in [1.807, 2.05) is 31.2 Å². The molecule has 0 spiro atoms. The van der Waals surface area contributed by atoms with Crippen molar-refractivity contribution in [2.45, 2.75) is 13.0 Å². The van der Waals surface area contributed by atoms with Crippen LogP contribution in [0, 0.1) is 0 Å². The summed E-state index contributed by atoms with van der Waals surface area (Å²) in [6.07, 6.45) is 1.74. The van der Waals surface area contributed by atoms with Crippen molar-refractivity contribution < 1.29 is 9.84 Å². The van der Waals surface area contributed by atoms with Crippen LogP contribution in [0.3, 0.4) is 0 Å². The molecule has 140 valence electrons. The fourth-order valence-electron chi connectivity index (χ4n) is 2.68. The summed E-state index contributed by atoms with van der Waals surface area (Å²) in [6.45, 7) is 7.13. The minimum atomic E-state index is -0.129. The van der Waals surface area contributed by atoms with Gasteiger partial charge in [-0.05, 0) is 19.1 Å². The number of hydrogen-bond donors (Lipinski definition) is 3. The summed E-state index contributed by atoms with van der Waals surface area (Å²) >= 11 is 0. The number of morpholine rings is 1. The zero-order valence-electron chi connectivity index (χ0n) is 15.1. The summed E-state index contributed by atoms with van der Waals surface area (Å²) in [4.78, 5) is 15.8. The number of anilines is 2. The molecule has 2 aromatic heterocycles. The van der Waals surface area contributed by atoms with Gasteiger partial charge in [0.1, 0.15) is 5.82 Å². The molecule has 1 saturated heterocycles. The van der Waals surface area contributed by atoms with Crippen LogP contribution in [0.4, 0.5) is 11.8 Å². The second-order valence-electron chi connectivity index (χ2n) is 6.29. The molecule has 1 fully saturated rings. The Hall–Kier alpha value is -2.29. The minimum absolute atomic E-state index is 0.0109. The van der Waals surface area contributed by atoms with Crippen molar-refractivity contribution in [1.82, 2.24) is 19.9 Å². The highest BCUT2D eigenvalue weighted by Gasteiger charge is 2.12. The van der Waals surface area contributed by atoms with Gasteiger partial charge in [0.05, 0.1) is 31.2 Å². The van der Waals surface area contributed by atoms with Crippen LogP contribution in [0.25, 0.3) is 11.4 Å². The molecule has 3 heterocycles. The number of rotatable bonds is 8. The molecule has 8 heteroatoms. The smallest absolute Gasteiger partial charge is 0.225 e. The zero-order valence-corrected chi connectivity index (χ0v) is 15.1. The van der Waals surface area contributed by atoms with Crippen molar-refractivity contribution in [2.24, 2.45) is 0 Å². The molecule has 2 aromatic rings. The van der Waals surface area contributed by atoms with E-state index < -0.39 is 0 Å². The summed E-state index contributed by atoms with van der Waals surface area (Å²) in [5, 5.41) is 15.8. The third-order valence-corrected chi connectivity index (χ3v) is 4.14. The van der Waals surface area contributed by atoms with Gasteiger partial charge in [-0.3, -0.25) is 9.88 Å². The summed E-state index contributed by atoms with van der Waals surface area (Å²) in [7, 11) is 0. The molecule has 0 aliphatic carbocycles. The Balaban J connectivity index is 1.71. The minimum Gasteiger partial charge on any atom is -0.394 e. The van der Waals surface area contributed by atoms with Crippen molar-refractivity contribution in [1.29, 1.82) is 0 Å². The van der Waals surface area contributed by atoms with Gasteiger partial charge in [-0.2, -0.15) is 4.98 Å². The van der Waals surface area contributed by atoms with E-state index >= 15 is 0 Å². The quantitative estimate of drug-likeness (QED) is 0.645. The van der Waals surface area contributed by atoms with Crippen molar-refractivity contribution in [3.8, 4) is 11.4 Å². The molecule has 3 N–H and O–H groups in total. The number of nitrogens with one attached hydrogen (secondary N) is 2. The van der Waals surface area contributed by atoms with Crippen LogP contribution in [0.1, 0.15) is 6.92 Å². The molecule has 8 nitrogen and oxygen atoms in total. The van der Waals surface area contributed by atoms with E-state index in [1.54, 1.807) is 6.20 Å². The van der Waals surface area contributed by atoms with Crippen LogP contribution in [-0.4, -0.2) is 77.0 Å². The van der Waals surface area contributed by atoms with Gasteiger partial charge in [-0.15, -0.1) is 0 Å². The first kappa shape index (κ1) is 18.5. The Kier molecular flexibility index (Phi) is 6.70. The molecular weight excluding hydrogens is 332 g/mol. The van der Waals surface area contributed by atoms with Gasteiger partial charge < -0.3 is 20.5 Å². The molecular formula is C18H26N6O2. The molecule has 0 amide bonds. The molecule has 0 radical (unpaired) electrons. The Bertz CT molecular complexity index is 679. The second-order valence-corrected chi connectivity index (χ2v) is 6.29. The first-order valence-corrected chi connectivity index (χ1v) is 8.96. The van der Waals surface area contributed by atoms with E-state index in [9.17, 15) is 5.11 Å². The van der Waals surface area contributed by atoms with Crippen LogP contribution in [0.5, 0.6) is 0 Å². The Morgan fingerprint density at radius 3 is 2.81 bits per heavy atom. The molecule has 0 unspecified atom stereocenters. The lowest BCUT2D eigenvalue weighted by Crippen LogP contribution is -2.39. The summed E-state index contributed by atoms with van der Waals surface area (Å²) in [5.41, 5.74) is 1.52. The topological polar surface area (TPSA) is 95.4 Å². The largest absolute Gasteiger partial charge is 0.394 e. The third-order valence-electron chi connectivity index (χ3n) is 4.14. The number of nitrogens with zero attached hydrogens (tertiary/aromatic N) is 4. The second kappa shape index (κ2) is 9.42. The van der Waals surface area contributed by atoms with E-state index in [4.69, 9.17) is 4.74 Å². The summed E-state index contributed by atoms with van der Waals surface area (Å²) in [6, 6.07) is 7.49. The van der Waals surface area contributed by atoms with Gasteiger partial charge in [0.15, 0.2) is 0 Å². The number of hydrogen-bond acceptors (Lipinski definition) is 8. The number of aromatic nitrogens is 3. The van der Waals surface area contributed by atoms with E-state index in [0.717, 1.165) is 56.6 Å². The van der Waals surface area contributed by atoms with E-state index in [0.29, 0.717) is 5.95 Å². The Morgan fingerprint density at radius 2 is 2.08 bits per heavy atom. The van der Waals surface area contributed by atoms with Gasteiger partial charge >= 0.3 is 0 Å². The van der Waals surface area contributed by atoms with Gasteiger partial charge in [0.2, 0.25) is 5.95 Å². The van der Waals surface area contributed by atoms with Crippen LogP contribution in [0.2, 0.25) is 0 Å². The Morgan fingerprint density at radius 1 is 1.23 bits per heavy atom. The monoisotopic (exact) mass is 358 g/mol. The molecule has 1 atom stereocenters. The average molecular weight is 358 g/mol. The highest BCUT2D eigenvalue weighted by atomic mass is 16.5. The van der Waals surface area contributed by atoms with Gasteiger partial charge in [-0.25, -0.2) is 4.98 Å². The molecule has 0 saturated carbocycles. The fourth-order valence-corrected chi connectivity index (χ4v) is 2.68. The van der Waals surface area contributed by atoms with Crippen LogP contribution >= 0.6 is 0 Å². The summed E-state index contributed by atoms with van der Waals surface area (Å²) < 4.78 is 5.37. The Labute approximate surface area is 153 Å². The van der Waals surface area contributed by atoms with Crippen molar-refractivity contribution in [2.75, 3.05) is 56.6 Å². The van der Waals surface area contributed by atoms with Crippen molar-refractivity contribution in [3.63, 3.8) is 0 Å². The van der Waals surface area contributed by atoms with Gasteiger partial charge in [-0.1, -0.05) is 6.07 Å². The van der Waals surface area contributed by atoms with E-state index in [2.05, 4.69) is 30.5 Å². The number of pyridine rings is 1. The zero-order chi connectivity index (χ0) is 18.2. The van der Waals surface area contributed by atoms with E-state index in [1.165, 1.54) is 0 Å².